The fraction of sp³-hybridized carbons (Fsp3) is 0.607. The first-order valence-corrected chi connectivity index (χ1v) is 15.0. The number of esters is 1. The van der Waals surface area contributed by atoms with E-state index in [4.69, 9.17) is 21.7 Å². The number of amides is 1. The van der Waals surface area contributed by atoms with E-state index in [1.807, 2.05) is 0 Å². The molecule has 11 heteroatoms. The molecule has 0 N–H and O–H groups in total. The second-order valence-electron chi connectivity index (χ2n) is 10.1. The van der Waals surface area contributed by atoms with Gasteiger partial charge in [-0.05, 0) is 57.6 Å². The summed E-state index contributed by atoms with van der Waals surface area (Å²) in [5.74, 6) is 0.133. The summed E-state index contributed by atoms with van der Waals surface area (Å²) >= 11 is 6.80. The number of piperidine rings is 1. The molecule has 0 bridgehead atoms. The number of nitriles is 1. The monoisotopic (exact) mass is 572 g/mol. The average molecular weight is 573 g/mol. The van der Waals surface area contributed by atoms with Crippen molar-refractivity contribution in [1.29, 1.82) is 5.26 Å². The number of ether oxygens (including phenoxy) is 2. The summed E-state index contributed by atoms with van der Waals surface area (Å²) in [6.07, 6.45) is 6.49. The van der Waals surface area contributed by atoms with Crippen molar-refractivity contribution in [2.24, 2.45) is 5.92 Å². The number of pyridine rings is 1. The number of thiocarbonyl (C=S) groups is 1. The lowest BCUT2D eigenvalue weighted by molar-refractivity contribution is -0.148. The molecule has 0 aromatic carbocycles. The minimum Gasteiger partial charge on any atom is -0.466 e. The third-order valence-corrected chi connectivity index (χ3v) is 8.93. The fourth-order valence-corrected chi connectivity index (χ4v) is 6.63. The van der Waals surface area contributed by atoms with Crippen LogP contribution < -0.4 is 10.5 Å². The number of nitrogens with zero attached hydrogens (tertiary/aromatic N) is 4. The Morgan fingerprint density at radius 2 is 2.00 bits per heavy atom. The van der Waals surface area contributed by atoms with Crippen molar-refractivity contribution < 1.29 is 19.1 Å². The van der Waals surface area contributed by atoms with Crippen LogP contribution in [0.2, 0.25) is 0 Å². The summed E-state index contributed by atoms with van der Waals surface area (Å²) in [5, 5.41) is 9.91. The second kappa shape index (κ2) is 13.1. The minimum absolute atomic E-state index is 0.0222. The molecule has 1 atom stereocenters. The van der Waals surface area contributed by atoms with Gasteiger partial charge in [-0.15, -0.1) is 0 Å². The van der Waals surface area contributed by atoms with Gasteiger partial charge in [-0.3, -0.25) is 23.9 Å². The van der Waals surface area contributed by atoms with Crippen LogP contribution in [0.3, 0.4) is 0 Å². The van der Waals surface area contributed by atoms with Crippen molar-refractivity contribution in [1.82, 2.24) is 9.47 Å². The topological polar surface area (TPSA) is 105 Å². The Morgan fingerprint density at radius 3 is 2.62 bits per heavy atom. The standard InChI is InChI=1S/C28H36N4O5S2/c1-4-6-11-31-24(30-12-9-19(10-13-30)27(35)36-5-2)21(18(3)22(16-29)25(31)33)15-23-26(34)32(28(38)39-23)17-20-8-7-14-37-20/h15,19-20H,4-14,17H2,1-3H3. The van der Waals surface area contributed by atoms with Crippen LogP contribution in [0.25, 0.3) is 6.08 Å². The van der Waals surface area contributed by atoms with Crippen LogP contribution >= 0.6 is 24.0 Å². The van der Waals surface area contributed by atoms with Gasteiger partial charge in [0, 0.05) is 31.8 Å². The quantitative estimate of drug-likeness (QED) is 0.247. The van der Waals surface area contributed by atoms with Gasteiger partial charge in [-0.1, -0.05) is 37.3 Å². The molecule has 1 unspecified atom stereocenters. The fourth-order valence-electron chi connectivity index (χ4n) is 5.38. The van der Waals surface area contributed by atoms with Crippen LogP contribution in [-0.4, -0.2) is 64.6 Å². The summed E-state index contributed by atoms with van der Waals surface area (Å²) in [6.45, 7) is 8.65. The normalized spacial score (nSPS) is 21.2. The molecule has 39 heavy (non-hydrogen) atoms. The van der Waals surface area contributed by atoms with E-state index < -0.39 is 0 Å². The molecule has 0 spiro atoms. The van der Waals surface area contributed by atoms with E-state index in [9.17, 15) is 19.6 Å². The average Bonchev–Trinajstić information content (AvgIpc) is 3.54. The molecular weight excluding hydrogens is 536 g/mol. The molecule has 3 saturated heterocycles. The summed E-state index contributed by atoms with van der Waals surface area (Å²) < 4.78 is 13.1. The number of hydrogen-bond acceptors (Lipinski definition) is 9. The SMILES string of the molecule is CCCCn1c(N2CCC(C(=O)OCC)CC2)c(C=C2SC(=S)N(CC3CCCO3)C2=O)c(C)c(C#N)c1=O. The van der Waals surface area contributed by atoms with Gasteiger partial charge in [0.15, 0.2) is 0 Å². The lowest BCUT2D eigenvalue weighted by Gasteiger charge is -2.35. The van der Waals surface area contributed by atoms with Crippen LogP contribution in [0.5, 0.6) is 0 Å². The Morgan fingerprint density at radius 1 is 1.26 bits per heavy atom. The smallest absolute Gasteiger partial charge is 0.309 e. The summed E-state index contributed by atoms with van der Waals surface area (Å²) in [5.41, 5.74) is 0.975. The third kappa shape index (κ3) is 6.23. The molecule has 1 amide bonds. The molecule has 0 radical (unpaired) electrons. The number of carbonyl (C=O) groups excluding carboxylic acids is 2. The van der Waals surface area contributed by atoms with Gasteiger partial charge in [0.1, 0.15) is 21.8 Å². The molecule has 3 fully saturated rings. The Hall–Kier alpha value is -2.68. The van der Waals surface area contributed by atoms with Crippen molar-refractivity contribution in [3.05, 3.63) is 31.9 Å². The zero-order valence-electron chi connectivity index (χ0n) is 22.9. The van der Waals surface area contributed by atoms with Crippen molar-refractivity contribution in [2.45, 2.75) is 71.9 Å². The minimum atomic E-state index is -0.325. The van der Waals surface area contributed by atoms with Crippen molar-refractivity contribution in [3.8, 4) is 6.07 Å². The number of rotatable bonds is 9. The van der Waals surface area contributed by atoms with Gasteiger partial charge in [-0.2, -0.15) is 5.26 Å². The van der Waals surface area contributed by atoms with E-state index in [0.717, 1.165) is 25.7 Å². The predicted octanol–water partition coefficient (Wildman–Crippen LogP) is 3.99. The molecule has 4 rings (SSSR count). The maximum absolute atomic E-state index is 13.5. The highest BCUT2D eigenvalue weighted by atomic mass is 32.2. The highest BCUT2D eigenvalue weighted by Gasteiger charge is 2.36. The number of unbranched alkanes of at least 4 members (excludes halogenated alkanes) is 1. The van der Waals surface area contributed by atoms with Crippen molar-refractivity contribution in [3.63, 3.8) is 0 Å². The van der Waals surface area contributed by atoms with Crippen LogP contribution in [0.1, 0.15) is 69.1 Å². The van der Waals surface area contributed by atoms with E-state index in [2.05, 4.69) is 17.9 Å². The molecule has 4 heterocycles. The molecule has 1 aromatic rings. The van der Waals surface area contributed by atoms with Gasteiger partial charge in [0.05, 0.1) is 30.1 Å². The van der Waals surface area contributed by atoms with Crippen LogP contribution in [0, 0.1) is 24.2 Å². The summed E-state index contributed by atoms with van der Waals surface area (Å²) in [7, 11) is 0. The Balaban J connectivity index is 1.75. The lowest BCUT2D eigenvalue weighted by atomic mass is 9.95. The van der Waals surface area contributed by atoms with Crippen LogP contribution in [-0.2, 0) is 25.6 Å². The first-order valence-electron chi connectivity index (χ1n) is 13.8. The van der Waals surface area contributed by atoms with E-state index in [1.165, 1.54) is 11.8 Å². The maximum atomic E-state index is 13.5. The van der Waals surface area contributed by atoms with Crippen molar-refractivity contribution >= 4 is 52.1 Å². The number of aromatic nitrogens is 1. The third-order valence-electron chi connectivity index (χ3n) is 7.56. The number of anilines is 1. The molecule has 9 nitrogen and oxygen atoms in total. The number of thioether (sulfide) groups is 1. The van der Waals surface area contributed by atoms with E-state index in [1.54, 1.807) is 29.4 Å². The zero-order chi connectivity index (χ0) is 28.1. The molecule has 1 aromatic heterocycles. The van der Waals surface area contributed by atoms with Gasteiger partial charge in [-0.25, -0.2) is 0 Å². The van der Waals surface area contributed by atoms with E-state index >= 15 is 0 Å². The summed E-state index contributed by atoms with van der Waals surface area (Å²) in [6, 6.07) is 2.10. The molecule has 0 saturated carbocycles. The Kier molecular flexibility index (Phi) is 9.86. The molecule has 3 aliphatic heterocycles. The predicted molar refractivity (Wildman–Crippen MR) is 155 cm³/mol. The zero-order valence-corrected chi connectivity index (χ0v) is 24.5. The van der Waals surface area contributed by atoms with Gasteiger partial charge >= 0.3 is 5.97 Å². The van der Waals surface area contributed by atoms with Gasteiger partial charge in [0.25, 0.3) is 11.5 Å². The van der Waals surface area contributed by atoms with E-state index in [-0.39, 0.29) is 35.0 Å². The first kappa shape index (κ1) is 29.3. The van der Waals surface area contributed by atoms with Crippen LogP contribution in [0.4, 0.5) is 5.82 Å². The number of hydrogen-bond donors (Lipinski definition) is 0. The highest BCUT2D eigenvalue weighted by Crippen LogP contribution is 2.37. The Bertz CT molecular complexity index is 1250. The highest BCUT2D eigenvalue weighted by molar-refractivity contribution is 8.26. The van der Waals surface area contributed by atoms with Crippen molar-refractivity contribution in [2.75, 3.05) is 37.7 Å². The Labute approximate surface area is 239 Å². The van der Waals surface area contributed by atoms with E-state index in [0.29, 0.717) is 78.4 Å². The van der Waals surface area contributed by atoms with Crippen LogP contribution in [0.15, 0.2) is 9.70 Å². The molecule has 3 aliphatic rings. The largest absolute Gasteiger partial charge is 0.466 e. The first-order chi connectivity index (χ1) is 18.8. The maximum Gasteiger partial charge on any atom is 0.309 e. The number of carbonyl (C=O) groups is 2. The molecule has 210 valence electrons. The molecule has 0 aliphatic carbocycles. The van der Waals surface area contributed by atoms with Gasteiger partial charge < -0.3 is 14.4 Å². The summed E-state index contributed by atoms with van der Waals surface area (Å²) in [4.78, 5) is 43.5. The molecular formula is C28H36N4O5S2. The lowest BCUT2D eigenvalue weighted by Crippen LogP contribution is -2.41. The second-order valence-corrected chi connectivity index (χ2v) is 11.8. The van der Waals surface area contributed by atoms with Gasteiger partial charge in [0.2, 0.25) is 0 Å².